The van der Waals surface area contributed by atoms with Crippen LogP contribution in [-0.4, -0.2) is 39.2 Å². The zero-order chi connectivity index (χ0) is 19.7. The highest BCUT2D eigenvalue weighted by Crippen LogP contribution is 2.59. The fraction of sp³-hybridized carbons (Fsp3) is 0.636. The summed E-state index contributed by atoms with van der Waals surface area (Å²) in [5, 5.41) is 3.03. The van der Waals surface area contributed by atoms with Crippen LogP contribution in [0.25, 0.3) is 0 Å². The molecule has 1 N–H and O–H groups in total. The highest BCUT2D eigenvalue weighted by atomic mass is 16.5. The van der Waals surface area contributed by atoms with Crippen molar-refractivity contribution < 1.29 is 23.8 Å². The first-order valence-electron chi connectivity index (χ1n) is 10.2. The van der Waals surface area contributed by atoms with Crippen LogP contribution in [0.2, 0.25) is 0 Å². The van der Waals surface area contributed by atoms with E-state index in [9.17, 15) is 9.59 Å². The third-order valence-electron chi connectivity index (χ3n) is 6.79. The second-order valence-corrected chi connectivity index (χ2v) is 8.81. The first kappa shape index (κ1) is 19.1. The van der Waals surface area contributed by atoms with Crippen molar-refractivity contribution in [2.24, 2.45) is 23.2 Å². The minimum atomic E-state index is -0.626. The first-order chi connectivity index (χ1) is 13.5. The average molecular weight is 387 g/mol. The van der Waals surface area contributed by atoms with Gasteiger partial charge in [-0.2, -0.15) is 0 Å². The molecule has 4 aliphatic rings. The quantitative estimate of drug-likeness (QED) is 0.728. The molecule has 0 saturated heterocycles. The Morgan fingerprint density at radius 1 is 1.00 bits per heavy atom. The lowest BCUT2D eigenvalue weighted by Crippen LogP contribution is -2.51. The lowest BCUT2D eigenvalue weighted by atomic mass is 9.49. The summed E-state index contributed by atoms with van der Waals surface area (Å²) in [6, 6.07) is 5.05. The van der Waals surface area contributed by atoms with Gasteiger partial charge in [0.05, 0.1) is 14.2 Å². The van der Waals surface area contributed by atoms with Crippen molar-refractivity contribution in [2.75, 3.05) is 27.4 Å². The smallest absolute Gasteiger partial charge is 0.346 e. The molecule has 0 radical (unpaired) electrons. The minimum absolute atomic E-state index is 0.196. The zero-order valence-corrected chi connectivity index (χ0v) is 16.7. The molecule has 0 spiro atoms. The first-order valence-corrected chi connectivity index (χ1v) is 10.2. The van der Waals surface area contributed by atoms with E-state index in [4.69, 9.17) is 14.2 Å². The van der Waals surface area contributed by atoms with Gasteiger partial charge in [0.15, 0.2) is 6.61 Å². The molecule has 4 fully saturated rings. The summed E-state index contributed by atoms with van der Waals surface area (Å²) in [5.41, 5.74) is 0.460. The summed E-state index contributed by atoms with van der Waals surface area (Å²) < 4.78 is 15.7. The number of carbonyl (C=O) groups excluding carboxylic acids is 2. The Bertz CT molecular complexity index is 702. The van der Waals surface area contributed by atoms with Gasteiger partial charge in [0.25, 0.3) is 5.91 Å². The largest absolute Gasteiger partial charge is 0.496 e. The predicted octanol–water partition coefficient (Wildman–Crippen LogP) is 3.19. The number of nitrogens with one attached hydrogen (secondary N) is 1. The van der Waals surface area contributed by atoms with E-state index in [0.717, 1.165) is 17.8 Å². The van der Waals surface area contributed by atoms with Crippen LogP contribution in [0.15, 0.2) is 18.2 Å². The minimum Gasteiger partial charge on any atom is -0.496 e. The van der Waals surface area contributed by atoms with E-state index in [1.165, 1.54) is 52.7 Å². The number of benzene rings is 1. The van der Waals surface area contributed by atoms with E-state index in [0.29, 0.717) is 18.0 Å². The molecule has 0 atom stereocenters. The Morgan fingerprint density at radius 2 is 1.54 bits per heavy atom. The van der Waals surface area contributed by atoms with Crippen molar-refractivity contribution in [3.63, 3.8) is 0 Å². The number of hydrogen-bond donors (Lipinski definition) is 1. The number of ether oxygens (including phenoxy) is 3. The highest BCUT2D eigenvalue weighted by Gasteiger charge is 2.50. The molecular weight excluding hydrogens is 358 g/mol. The van der Waals surface area contributed by atoms with Crippen LogP contribution < -0.4 is 14.8 Å². The monoisotopic (exact) mass is 387 g/mol. The van der Waals surface area contributed by atoms with Crippen LogP contribution >= 0.6 is 0 Å². The predicted molar refractivity (Wildman–Crippen MR) is 103 cm³/mol. The average Bonchev–Trinajstić information content (AvgIpc) is 2.68. The van der Waals surface area contributed by atoms with E-state index in [2.05, 4.69) is 5.32 Å². The SMILES string of the molecule is COc1cccc(OC)c1C(=O)OCC(=O)NCC12CC3CC(CC(C3)C1)C2. The molecule has 6 nitrogen and oxygen atoms in total. The third kappa shape index (κ3) is 3.69. The molecule has 4 bridgehead atoms. The molecule has 0 aliphatic heterocycles. The van der Waals surface area contributed by atoms with Gasteiger partial charge in [-0.05, 0) is 73.8 Å². The highest BCUT2D eigenvalue weighted by molar-refractivity contribution is 5.96. The van der Waals surface area contributed by atoms with Gasteiger partial charge in [-0.1, -0.05) is 6.07 Å². The maximum Gasteiger partial charge on any atom is 0.346 e. The van der Waals surface area contributed by atoms with Gasteiger partial charge >= 0.3 is 5.97 Å². The standard InChI is InChI=1S/C22H29NO5/c1-26-17-4-3-5-18(27-2)20(17)21(25)28-12-19(24)23-13-22-9-14-6-15(10-22)8-16(7-14)11-22/h3-5,14-16H,6-13H2,1-2H3,(H,23,24). The maximum atomic E-state index is 12.5. The van der Waals surface area contributed by atoms with Gasteiger partial charge in [0, 0.05) is 6.54 Å². The number of methoxy groups -OCH3 is 2. The molecule has 1 amide bonds. The summed E-state index contributed by atoms with van der Waals surface area (Å²) in [5.74, 6) is 2.38. The van der Waals surface area contributed by atoms with Crippen LogP contribution in [0.3, 0.4) is 0 Å². The normalized spacial score (nSPS) is 30.0. The van der Waals surface area contributed by atoms with Crippen molar-refractivity contribution in [2.45, 2.75) is 38.5 Å². The van der Waals surface area contributed by atoms with E-state index in [-0.39, 0.29) is 23.5 Å². The number of carbonyl (C=O) groups is 2. The zero-order valence-electron chi connectivity index (χ0n) is 16.7. The van der Waals surface area contributed by atoms with Crippen LogP contribution in [-0.2, 0) is 9.53 Å². The molecule has 0 unspecified atom stereocenters. The summed E-state index contributed by atoms with van der Waals surface area (Å²) in [6.45, 7) is 0.400. The van der Waals surface area contributed by atoms with Crippen LogP contribution in [0.1, 0.15) is 48.9 Å². The maximum absolute atomic E-state index is 12.5. The lowest BCUT2D eigenvalue weighted by Gasteiger charge is -2.56. The molecule has 0 heterocycles. The van der Waals surface area contributed by atoms with Gasteiger partial charge in [0.1, 0.15) is 17.1 Å². The van der Waals surface area contributed by atoms with Gasteiger partial charge in [-0.25, -0.2) is 4.79 Å². The lowest BCUT2D eigenvalue weighted by molar-refractivity contribution is -0.126. The van der Waals surface area contributed by atoms with E-state index in [1.807, 2.05) is 0 Å². The van der Waals surface area contributed by atoms with Gasteiger partial charge < -0.3 is 19.5 Å². The van der Waals surface area contributed by atoms with Crippen LogP contribution in [0.4, 0.5) is 0 Å². The van der Waals surface area contributed by atoms with Crippen molar-refractivity contribution in [1.29, 1.82) is 0 Å². The molecule has 1 aromatic rings. The Hall–Kier alpha value is -2.24. The molecule has 152 valence electrons. The van der Waals surface area contributed by atoms with Crippen molar-refractivity contribution in [3.8, 4) is 11.5 Å². The summed E-state index contributed by atoms with van der Waals surface area (Å²) >= 11 is 0. The second-order valence-electron chi connectivity index (χ2n) is 8.81. The fourth-order valence-electron chi connectivity index (χ4n) is 6.10. The van der Waals surface area contributed by atoms with E-state index < -0.39 is 5.97 Å². The van der Waals surface area contributed by atoms with Crippen molar-refractivity contribution in [1.82, 2.24) is 5.32 Å². The van der Waals surface area contributed by atoms with Gasteiger partial charge in [0.2, 0.25) is 0 Å². The Kier molecular flexibility index (Phi) is 5.21. The molecular formula is C22H29NO5. The summed E-state index contributed by atoms with van der Waals surface area (Å²) in [6.07, 6.45) is 7.84. The second kappa shape index (κ2) is 7.64. The summed E-state index contributed by atoms with van der Waals surface area (Å²) in [4.78, 5) is 24.8. The van der Waals surface area contributed by atoms with Crippen molar-refractivity contribution >= 4 is 11.9 Å². The molecule has 6 heteroatoms. The number of amides is 1. The number of hydrogen-bond acceptors (Lipinski definition) is 5. The van der Waals surface area contributed by atoms with E-state index >= 15 is 0 Å². The molecule has 4 saturated carbocycles. The molecule has 5 rings (SSSR count). The molecule has 4 aliphatic carbocycles. The van der Waals surface area contributed by atoms with E-state index in [1.54, 1.807) is 18.2 Å². The Labute approximate surface area is 165 Å². The number of rotatable bonds is 7. The molecule has 1 aromatic carbocycles. The molecule has 0 aromatic heterocycles. The van der Waals surface area contributed by atoms with Gasteiger partial charge in [-0.3, -0.25) is 4.79 Å². The third-order valence-corrected chi connectivity index (χ3v) is 6.79. The van der Waals surface area contributed by atoms with Gasteiger partial charge in [-0.15, -0.1) is 0 Å². The topological polar surface area (TPSA) is 73.9 Å². The van der Waals surface area contributed by atoms with Crippen LogP contribution in [0.5, 0.6) is 11.5 Å². The Balaban J connectivity index is 1.31. The Morgan fingerprint density at radius 3 is 2.04 bits per heavy atom. The molecule has 28 heavy (non-hydrogen) atoms. The number of esters is 1. The van der Waals surface area contributed by atoms with Crippen LogP contribution in [0, 0.1) is 23.2 Å². The summed E-state index contributed by atoms with van der Waals surface area (Å²) in [7, 11) is 2.95. The fourth-order valence-corrected chi connectivity index (χ4v) is 6.10. The van der Waals surface area contributed by atoms with Crippen molar-refractivity contribution in [3.05, 3.63) is 23.8 Å².